The summed E-state index contributed by atoms with van der Waals surface area (Å²) < 4.78 is 0. The molecule has 12 heavy (non-hydrogen) atoms. The van der Waals surface area contributed by atoms with Gasteiger partial charge in [-0.05, 0) is 6.92 Å². The fourth-order valence-corrected chi connectivity index (χ4v) is 0.564. The van der Waals surface area contributed by atoms with Crippen molar-refractivity contribution in [2.75, 3.05) is 0 Å². The second-order valence-electron chi connectivity index (χ2n) is 2.26. The smallest absolute Gasteiger partial charge is 0.320 e. The van der Waals surface area contributed by atoms with E-state index in [9.17, 15) is 4.79 Å². The average Bonchev–Trinajstić information content (AvgIpc) is 2.00. The van der Waals surface area contributed by atoms with Crippen molar-refractivity contribution in [2.45, 2.75) is 19.4 Å². The zero-order chi connectivity index (χ0) is 9.56. The third-order valence-corrected chi connectivity index (χ3v) is 1.16. The molecule has 1 atom stereocenters. The third kappa shape index (κ3) is 4.45. The van der Waals surface area contributed by atoms with Crippen LogP contribution in [0.2, 0.25) is 0 Å². The van der Waals surface area contributed by atoms with E-state index in [4.69, 9.17) is 16.6 Å². The van der Waals surface area contributed by atoms with E-state index in [0.29, 0.717) is 5.70 Å². The van der Waals surface area contributed by atoms with Gasteiger partial charge >= 0.3 is 5.97 Å². The van der Waals surface area contributed by atoms with Crippen molar-refractivity contribution in [3.05, 3.63) is 11.9 Å². The highest BCUT2D eigenvalue weighted by atomic mass is 16.4. The Hall–Kier alpha value is -1.36. The van der Waals surface area contributed by atoms with E-state index < -0.39 is 12.0 Å². The zero-order valence-electron chi connectivity index (χ0n) is 6.90. The number of hydrogen-bond donors (Lipinski definition) is 3. The largest absolute Gasteiger partial charge is 0.480 e. The van der Waals surface area contributed by atoms with E-state index in [2.05, 4.69) is 4.99 Å². The number of hydrogen-bond acceptors (Lipinski definition) is 4. The fourth-order valence-electron chi connectivity index (χ4n) is 0.564. The molecule has 0 radical (unpaired) electrons. The minimum absolute atomic E-state index is 0.118. The van der Waals surface area contributed by atoms with Crippen LogP contribution in [0.3, 0.4) is 0 Å². The SMILES string of the molecule is CC=N/C=C(\N)CC(N)C(=O)O. The Morgan fingerprint density at radius 3 is 2.75 bits per heavy atom. The monoisotopic (exact) mass is 171 g/mol. The lowest BCUT2D eigenvalue weighted by molar-refractivity contribution is -0.138. The van der Waals surface area contributed by atoms with E-state index in [0.717, 1.165) is 0 Å². The molecule has 5 nitrogen and oxygen atoms in total. The molecule has 0 saturated heterocycles. The van der Waals surface area contributed by atoms with E-state index in [1.807, 2.05) is 0 Å². The summed E-state index contributed by atoms with van der Waals surface area (Å²) in [6.07, 6.45) is 3.06. The summed E-state index contributed by atoms with van der Waals surface area (Å²) in [7, 11) is 0. The molecule has 0 rings (SSSR count). The van der Waals surface area contributed by atoms with Crippen LogP contribution in [0.25, 0.3) is 0 Å². The predicted molar refractivity (Wildman–Crippen MR) is 46.7 cm³/mol. The first-order chi connectivity index (χ1) is 5.57. The van der Waals surface area contributed by atoms with Crippen LogP contribution in [0.15, 0.2) is 16.9 Å². The van der Waals surface area contributed by atoms with Crippen LogP contribution in [0, 0.1) is 0 Å². The summed E-state index contributed by atoms with van der Waals surface area (Å²) in [4.78, 5) is 14.0. The summed E-state index contributed by atoms with van der Waals surface area (Å²) in [5.41, 5.74) is 11.0. The summed E-state index contributed by atoms with van der Waals surface area (Å²) in [5.74, 6) is -1.06. The molecule has 5 heteroatoms. The van der Waals surface area contributed by atoms with E-state index in [1.165, 1.54) is 6.20 Å². The molecule has 0 saturated carbocycles. The molecule has 0 aromatic carbocycles. The van der Waals surface area contributed by atoms with Gasteiger partial charge in [0, 0.05) is 24.5 Å². The highest BCUT2D eigenvalue weighted by Gasteiger charge is 2.11. The molecule has 0 aromatic heterocycles. The van der Waals surface area contributed by atoms with Gasteiger partial charge in [0.15, 0.2) is 0 Å². The molecule has 5 N–H and O–H groups in total. The van der Waals surface area contributed by atoms with Crippen molar-refractivity contribution in [2.24, 2.45) is 16.5 Å². The summed E-state index contributed by atoms with van der Waals surface area (Å²) >= 11 is 0. The first-order valence-electron chi connectivity index (χ1n) is 3.48. The molecule has 68 valence electrons. The van der Waals surface area contributed by atoms with Gasteiger partial charge in [-0.3, -0.25) is 9.79 Å². The molecule has 0 amide bonds. The van der Waals surface area contributed by atoms with Gasteiger partial charge in [-0.2, -0.15) is 0 Å². The number of carboxylic acids is 1. The van der Waals surface area contributed by atoms with Crippen molar-refractivity contribution in [1.82, 2.24) is 0 Å². The summed E-state index contributed by atoms with van der Waals surface area (Å²) in [6, 6.07) is -0.951. The second-order valence-corrected chi connectivity index (χ2v) is 2.26. The molecule has 1 unspecified atom stereocenters. The standard InChI is InChI=1S/C7H13N3O2/c1-2-10-4-5(8)3-6(9)7(11)12/h2,4,6H,3,8-9H2,1H3,(H,11,12)/b5-4-,10-2?. The van der Waals surface area contributed by atoms with E-state index >= 15 is 0 Å². The average molecular weight is 171 g/mol. The van der Waals surface area contributed by atoms with Gasteiger partial charge in [0.25, 0.3) is 0 Å². The van der Waals surface area contributed by atoms with Crippen LogP contribution in [-0.4, -0.2) is 23.3 Å². The Morgan fingerprint density at radius 2 is 2.33 bits per heavy atom. The summed E-state index contributed by atoms with van der Waals surface area (Å²) in [6.45, 7) is 1.74. The van der Waals surface area contributed by atoms with Gasteiger partial charge < -0.3 is 16.6 Å². The lowest BCUT2D eigenvalue weighted by Crippen LogP contribution is -2.31. The lowest BCUT2D eigenvalue weighted by atomic mass is 10.2. The Kier molecular flexibility index (Phi) is 4.71. The highest BCUT2D eigenvalue weighted by molar-refractivity contribution is 5.73. The van der Waals surface area contributed by atoms with Crippen molar-refractivity contribution in [3.63, 3.8) is 0 Å². The number of aliphatic imine (C=N–C) groups is 1. The van der Waals surface area contributed by atoms with Crippen molar-refractivity contribution in [1.29, 1.82) is 0 Å². The van der Waals surface area contributed by atoms with Crippen LogP contribution in [-0.2, 0) is 4.79 Å². The van der Waals surface area contributed by atoms with Crippen LogP contribution in [0.4, 0.5) is 0 Å². The Morgan fingerprint density at radius 1 is 1.75 bits per heavy atom. The first kappa shape index (κ1) is 10.6. The van der Waals surface area contributed by atoms with Gasteiger partial charge in [0.2, 0.25) is 0 Å². The third-order valence-electron chi connectivity index (χ3n) is 1.16. The Bertz CT molecular complexity index is 211. The maximum atomic E-state index is 10.3. The number of nitrogens with zero attached hydrogens (tertiary/aromatic N) is 1. The molecular weight excluding hydrogens is 158 g/mol. The molecule has 0 fully saturated rings. The fraction of sp³-hybridized carbons (Fsp3) is 0.429. The predicted octanol–water partition coefficient (Wildman–Crippen LogP) is -0.321. The highest BCUT2D eigenvalue weighted by Crippen LogP contribution is 1.97. The first-order valence-corrected chi connectivity index (χ1v) is 3.48. The van der Waals surface area contributed by atoms with E-state index in [1.54, 1.807) is 13.1 Å². The second kappa shape index (κ2) is 5.31. The maximum Gasteiger partial charge on any atom is 0.320 e. The molecule has 0 aliphatic rings. The number of rotatable bonds is 4. The van der Waals surface area contributed by atoms with Crippen LogP contribution < -0.4 is 11.5 Å². The topological polar surface area (TPSA) is 102 Å². The van der Waals surface area contributed by atoms with Crippen molar-refractivity contribution >= 4 is 12.2 Å². The van der Waals surface area contributed by atoms with Gasteiger partial charge in [-0.25, -0.2) is 0 Å². The van der Waals surface area contributed by atoms with Gasteiger partial charge in [-0.1, -0.05) is 0 Å². The van der Waals surface area contributed by atoms with Gasteiger partial charge in [0.1, 0.15) is 6.04 Å². The Labute approximate surface area is 70.8 Å². The maximum absolute atomic E-state index is 10.3. The molecular formula is C7H13N3O2. The zero-order valence-corrected chi connectivity index (χ0v) is 6.90. The number of carboxylic acid groups (broad SMARTS) is 1. The number of carbonyl (C=O) groups is 1. The summed E-state index contributed by atoms with van der Waals surface area (Å²) in [5, 5.41) is 8.41. The molecule has 0 aliphatic heterocycles. The van der Waals surface area contributed by atoms with Gasteiger partial charge in [-0.15, -0.1) is 0 Å². The van der Waals surface area contributed by atoms with Crippen LogP contribution in [0.5, 0.6) is 0 Å². The lowest BCUT2D eigenvalue weighted by Gasteiger charge is -2.04. The minimum atomic E-state index is -1.06. The van der Waals surface area contributed by atoms with Crippen LogP contribution >= 0.6 is 0 Å². The van der Waals surface area contributed by atoms with E-state index in [-0.39, 0.29) is 6.42 Å². The van der Waals surface area contributed by atoms with Gasteiger partial charge in [0.05, 0.1) is 0 Å². The van der Waals surface area contributed by atoms with Crippen molar-refractivity contribution < 1.29 is 9.90 Å². The van der Waals surface area contributed by atoms with Crippen LogP contribution in [0.1, 0.15) is 13.3 Å². The molecule has 0 spiro atoms. The minimum Gasteiger partial charge on any atom is -0.480 e. The molecule has 0 heterocycles. The number of aliphatic carboxylic acids is 1. The number of nitrogens with two attached hydrogens (primary N) is 2. The molecule has 0 aliphatic carbocycles. The Balaban J connectivity index is 3.99. The normalized spacial score (nSPS) is 15.0. The van der Waals surface area contributed by atoms with Crippen molar-refractivity contribution in [3.8, 4) is 0 Å². The quantitative estimate of drug-likeness (QED) is 0.504. The molecule has 0 bridgehead atoms. The molecule has 0 aromatic rings.